The number of nitrogens with two attached hydrogens (primary N) is 1. The average Bonchev–Trinajstić information content (AvgIpc) is 2.43. The number of para-hydroxylation sites is 1. The molecule has 1 aromatic rings. The molecule has 1 amide bonds. The van der Waals surface area contributed by atoms with Crippen LogP contribution in [0.1, 0.15) is 26.7 Å². The lowest BCUT2D eigenvalue weighted by molar-refractivity contribution is -0.131. The van der Waals surface area contributed by atoms with Crippen LogP contribution in [0.4, 0.5) is 0 Å². The Hall–Kier alpha value is -1.55. The molecule has 0 fully saturated rings. The highest BCUT2D eigenvalue weighted by molar-refractivity contribution is 5.81. The van der Waals surface area contributed by atoms with E-state index in [0.29, 0.717) is 19.1 Å². The molecule has 0 aliphatic heterocycles. The van der Waals surface area contributed by atoms with E-state index in [9.17, 15) is 4.79 Å². The molecule has 1 rings (SSSR count). The molecule has 20 heavy (non-hydrogen) atoms. The van der Waals surface area contributed by atoms with Crippen LogP contribution in [0.5, 0.6) is 5.75 Å². The van der Waals surface area contributed by atoms with E-state index in [1.54, 1.807) is 11.9 Å². The van der Waals surface area contributed by atoms with E-state index < -0.39 is 6.04 Å². The number of hydrogen-bond donors (Lipinski definition) is 1. The van der Waals surface area contributed by atoms with Crippen LogP contribution < -0.4 is 10.5 Å². The molecule has 0 aliphatic carbocycles. The molecular weight excluding hydrogens is 252 g/mol. The van der Waals surface area contributed by atoms with Gasteiger partial charge in [-0.15, -0.1) is 0 Å². The first-order valence-corrected chi connectivity index (χ1v) is 7.19. The van der Waals surface area contributed by atoms with Crippen LogP contribution in [0.15, 0.2) is 30.3 Å². The molecule has 0 heterocycles. The fourth-order valence-electron chi connectivity index (χ4n) is 2.01. The highest BCUT2D eigenvalue weighted by Gasteiger charge is 2.18. The van der Waals surface area contributed by atoms with E-state index in [0.717, 1.165) is 18.6 Å². The van der Waals surface area contributed by atoms with Gasteiger partial charge in [0, 0.05) is 13.6 Å². The van der Waals surface area contributed by atoms with Crippen LogP contribution in [-0.4, -0.2) is 37.0 Å². The lowest BCUT2D eigenvalue weighted by atomic mass is 10.0. The maximum absolute atomic E-state index is 12.0. The van der Waals surface area contributed by atoms with Gasteiger partial charge in [0.1, 0.15) is 5.75 Å². The van der Waals surface area contributed by atoms with E-state index in [-0.39, 0.29) is 5.91 Å². The third kappa shape index (κ3) is 6.06. The van der Waals surface area contributed by atoms with E-state index >= 15 is 0 Å². The molecule has 4 heteroatoms. The second-order valence-corrected chi connectivity index (χ2v) is 5.51. The van der Waals surface area contributed by atoms with Crippen LogP contribution in [0.2, 0.25) is 0 Å². The van der Waals surface area contributed by atoms with Crippen LogP contribution in [0.3, 0.4) is 0 Å². The summed E-state index contributed by atoms with van der Waals surface area (Å²) in [6, 6.07) is 9.29. The third-order valence-corrected chi connectivity index (χ3v) is 3.07. The third-order valence-electron chi connectivity index (χ3n) is 3.07. The minimum atomic E-state index is -0.393. The SMILES string of the molecule is CC(C)C[C@H](N)C(=O)N(C)CCCOc1ccccc1. The summed E-state index contributed by atoms with van der Waals surface area (Å²) < 4.78 is 5.59. The smallest absolute Gasteiger partial charge is 0.239 e. The summed E-state index contributed by atoms with van der Waals surface area (Å²) in [5, 5.41) is 0. The lowest BCUT2D eigenvalue weighted by Gasteiger charge is -2.22. The van der Waals surface area contributed by atoms with Gasteiger partial charge in [-0.2, -0.15) is 0 Å². The fourth-order valence-corrected chi connectivity index (χ4v) is 2.01. The van der Waals surface area contributed by atoms with Crippen molar-refractivity contribution < 1.29 is 9.53 Å². The monoisotopic (exact) mass is 278 g/mol. The number of nitrogens with zero attached hydrogens (tertiary/aromatic N) is 1. The van der Waals surface area contributed by atoms with Crippen LogP contribution in [0.25, 0.3) is 0 Å². The molecule has 2 N–H and O–H groups in total. The number of likely N-dealkylation sites (N-methyl/N-ethyl adjacent to an activating group) is 1. The second kappa shape index (κ2) is 8.59. The average molecular weight is 278 g/mol. The van der Waals surface area contributed by atoms with Crippen molar-refractivity contribution in [1.82, 2.24) is 4.90 Å². The molecule has 0 aliphatic rings. The van der Waals surface area contributed by atoms with Crippen molar-refractivity contribution in [3.8, 4) is 5.75 Å². The van der Waals surface area contributed by atoms with Crippen LogP contribution >= 0.6 is 0 Å². The van der Waals surface area contributed by atoms with Crippen molar-refractivity contribution in [2.45, 2.75) is 32.7 Å². The molecular formula is C16H26N2O2. The van der Waals surface area contributed by atoms with Gasteiger partial charge in [0.05, 0.1) is 12.6 Å². The Morgan fingerprint density at radius 2 is 1.95 bits per heavy atom. The van der Waals surface area contributed by atoms with Crippen LogP contribution in [-0.2, 0) is 4.79 Å². The van der Waals surface area contributed by atoms with Crippen LogP contribution in [0, 0.1) is 5.92 Å². The van der Waals surface area contributed by atoms with Crippen molar-refractivity contribution in [1.29, 1.82) is 0 Å². The summed E-state index contributed by atoms with van der Waals surface area (Å²) in [5.74, 6) is 1.31. The molecule has 1 aromatic carbocycles. The Morgan fingerprint density at radius 1 is 1.30 bits per heavy atom. The van der Waals surface area contributed by atoms with Gasteiger partial charge in [-0.25, -0.2) is 0 Å². The van der Waals surface area contributed by atoms with E-state index in [2.05, 4.69) is 13.8 Å². The lowest BCUT2D eigenvalue weighted by Crippen LogP contribution is -2.43. The predicted molar refractivity (Wildman–Crippen MR) is 81.6 cm³/mol. The van der Waals surface area contributed by atoms with E-state index in [1.807, 2.05) is 30.3 Å². The highest BCUT2D eigenvalue weighted by Crippen LogP contribution is 2.09. The zero-order valence-corrected chi connectivity index (χ0v) is 12.7. The molecule has 4 nitrogen and oxygen atoms in total. The first kappa shape index (κ1) is 16.5. The van der Waals surface area contributed by atoms with Crippen molar-refractivity contribution in [2.24, 2.45) is 11.7 Å². The Morgan fingerprint density at radius 3 is 2.55 bits per heavy atom. The molecule has 0 spiro atoms. The molecule has 0 radical (unpaired) electrons. The van der Waals surface area contributed by atoms with Gasteiger partial charge < -0.3 is 15.4 Å². The number of ether oxygens (including phenoxy) is 1. The van der Waals surface area contributed by atoms with E-state index in [4.69, 9.17) is 10.5 Å². The highest BCUT2D eigenvalue weighted by atomic mass is 16.5. The summed E-state index contributed by atoms with van der Waals surface area (Å²) in [5.41, 5.74) is 5.89. The topological polar surface area (TPSA) is 55.6 Å². The Bertz CT molecular complexity index is 393. The zero-order valence-electron chi connectivity index (χ0n) is 12.7. The number of amides is 1. The van der Waals surface area contributed by atoms with Crippen molar-refractivity contribution >= 4 is 5.91 Å². The molecule has 0 unspecified atom stereocenters. The van der Waals surface area contributed by atoms with Gasteiger partial charge in [-0.05, 0) is 30.9 Å². The molecule has 0 aromatic heterocycles. The van der Waals surface area contributed by atoms with Crippen molar-refractivity contribution in [3.63, 3.8) is 0 Å². The fraction of sp³-hybridized carbons (Fsp3) is 0.562. The molecule has 0 saturated heterocycles. The second-order valence-electron chi connectivity index (χ2n) is 5.51. The summed E-state index contributed by atoms with van der Waals surface area (Å²) >= 11 is 0. The molecule has 1 atom stereocenters. The predicted octanol–water partition coefficient (Wildman–Crippen LogP) is 2.29. The minimum Gasteiger partial charge on any atom is -0.494 e. The number of carbonyl (C=O) groups excluding carboxylic acids is 1. The molecule has 0 saturated carbocycles. The largest absolute Gasteiger partial charge is 0.494 e. The van der Waals surface area contributed by atoms with Gasteiger partial charge in [-0.1, -0.05) is 32.0 Å². The quantitative estimate of drug-likeness (QED) is 0.742. The van der Waals surface area contributed by atoms with Gasteiger partial charge in [-0.3, -0.25) is 4.79 Å². The van der Waals surface area contributed by atoms with Crippen molar-refractivity contribution in [2.75, 3.05) is 20.2 Å². The first-order valence-electron chi connectivity index (χ1n) is 7.19. The summed E-state index contributed by atoms with van der Waals surface area (Å²) in [4.78, 5) is 13.7. The number of benzene rings is 1. The summed E-state index contributed by atoms with van der Waals surface area (Å²) in [6.07, 6.45) is 1.52. The zero-order chi connectivity index (χ0) is 15.0. The normalized spacial score (nSPS) is 12.2. The van der Waals surface area contributed by atoms with Gasteiger partial charge >= 0.3 is 0 Å². The van der Waals surface area contributed by atoms with Crippen molar-refractivity contribution in [3.05, 3.63) is 30.3 Å². The Balaban J connectivity index is 2.22. The maximum Gasteiger partial charge on any atom is 0.239 e. The van der Waals surface area contributed by atoms with Gasteiger partial charge in [0.2, 0.25) is 5.91 Å². The van der Waals surface area contributed by atoms with Gasteiger partial charge in [0.25, 0.3) is 0 Å². The minimum absolute atomic E-state index is 0.0124. The number of carbonyl (C=O) groups is 1. The maximum atomic E-state index is 12.0. The van der Waals surface area contributed by atoms with Gasteiger partial charge in [0.15, 0.2) is 0 Å². The summed E-state index contributed by atoms with van der Waals surface area (Å²) in [6.45, 7) is 5.40. The number of hydrogen-bond acceptors (Lipinski definition) is 3. The van der Waals surface area contributed by atoms with E-state index in [1.165, 1.54) is 0 Å². The molecule has 0 bridgehead atoms. The standard InChI is InChI=1S/C16H26N2O2/c1-13(2)12-15(17)16(19)18(3)10-7-11-20-14-8-5-4-6-9-14/h4-6,8-9,13,15H,7,10-12,17H2,1-3H3/t15-/m0/s1. The summed E-state index contributed by atoms with van der Waals surface area (Å²) in [7, 11) is 1.80. The number of rotatable bonds is 8. The first-order chi connectivity index (χ1) is 9.50. The Labute approximate surface area is 121 Å². The Kier molecular flexibility index (Phi) is 7.09. The molecule has 112 valence electrons.